The number of likely N-dealkylation sites (tertiary alicyclic amines) is 1. The van der Waals surface area contributed by atoms with Crippen LogP contribution in [0.3, 0.4) is 0 Å². The average Bonchev–Trinajstić information content (AvgIpc) is 3.09. The molecule has 31 heavy (non-hydrogen) atoms. The Morgan fingerprint density at radius 1 is 1.06 bits per heavy atom. The summed E-state index contributed by atoms with van der Waals surface area (Å²) < 4.78 is 11.6. The fraction of sp³-hybridized carbons (Fsp3) is 0.440. The van der Waals surface area contributed by atoms with E-state index in [1.165, 1.54) is 6.92 Å². The Labute approximate surface area is 183 Å². The molecule has 2 aromatic carbocycles. The van der Waals surface area contributed by atoms with Gasteiger partial charge in [0.15, 0.2) is 17.3 Å². The molecule has 4 rings (SSSR count). The van der Waals surface area contributed by atoms with Crippen LogP contribution in [0.5, 0.6) is 11.5 Å². The van der Waals surface area contributed by atoms with Crippen molar-refractivity contribution in [2.75, 3.05) is 26.3 Å². The third-order valence-corrected chi connectivity index (χ3v) is 5.98. The zero-order valence-electron chi connectivity index (χ0n) is 18.0. The predicted octanol–water partition coefficient (Wildman–Crippen LogP) is 3.30. The normalized spacial score (nSPS) is 19.5. The number of Topliss-reactive ketones (excluding diaryl/α,β-unsaturated/α-hetero) is 1. The first-order chi connectivity index (χ1) is 15.1. The van der Waals surface area contributed by atoms with E-state index in [1.807, 2.05) is 36.4 Å². The molecule has 164 valence electrons. The molecular weight excluding hydrogens is 392 g/mol. The van der Waals surface area contributed by atoms with Gasteiger partial charge in [0.2, 0.25) is 5.91 Å². The Kier molecular flexibility index (Phi) is 6.87. The van der Waals surface area contributed by atoms with Crippen LogP contribution in [0.2, 0.25) is 0 Å². The van der Waals surface area contributed by atoms with Gasteiger partial charge in [-0.25, -0.2) is 0 Å². The van der Waals surface area contributed by atoms with Crippen LogP contribution in [-0.4, -0.2) is 48.9 Å². The van der Waals surface area contributed by atoms with E-state index in [1.54, 1.807) is 0 Å². The third kappa shape index (κ3) is 5.44. The molecule has 2 aliphatic rings. The van der Waals surface area contributed by atoms with Crippen molar-refractivity contribution in [3.05, 3.63) is 59.7 Å². The lowest BCUT2D eigenvalue weighted by Gasteiger charge is -2.26. The van der Waals surface area contributed by atoms with Crippen LogP contribution in [0.15, 0.2) is 48.5 Å². The molecule has 2 aromatic rings. The second kappa shape index (κ2) is 9.96. The number of hydrogen-bond donors (Lipinski definition) is 1. The summed E-state index contributed by atoms with van der Waals surface area (Å²) in [5.41, 5.74) is 2.18. The summed E-state index contributed by atoms with van der Waals surface area (Å²) in [6.07, 6.45) is 3.41. The van der Waals surface area contributed by atoms with E-state index in [0.717, 1.165) is 48.4 Å². The van der Waals surface area contributed by atoms with Gasteiger partial charge >= 0.3 is 0 Å². The molecule has 0 saturated carbocycles. The fourth-order valence-corrected chi connectivity index (χ4v) is 4.35. The van der Waals surface area contributed by atoms with Crippen LogP contribution in [0.4, 0.5) is 0 Å². The minimum absolute atomic E-state index is 0.0296. The molecule has 0 aromatic heterocycles. The molecule has 2 atom stereocenters. The SMILES string of the molecule is CC(=O)C(Cc1ccccc1)NC(=O)CN1CCCC1c1ccc2c(c1)OCCCO2. The minimum Gasteiger partial charge on any atom is -0.490 e. The fourth-order valence-electron chi connectivity index (χ4n) is 4.35. The summed E-state index contributed by atoms with van der Waals surface area (Å²) in [4.78, 5) is 27.1. The predicted molar refractivity (Wildman–Crippen MR) is 118 cm³/mol. The summed E-state index contributed by atoms with van der Waals surface area (Å²) in [6.45, 7) is 3.99. The third-order valence-electron chi connectivity index (χ3n) is 5.98. The number of hydrogen-bond acceptors (Lipinski definition) is 5. The number of ketones is 1. The summed E-state index contributed by atoms with van der Waals surface area (Å²) in [5.74, 6) is 1.43. The largest absolute Gasteiger partial charge is 0.490 e. The summed E-state index contributed by atoms with van der Waals surface area (Å²) in [7, 11) is 0. The maximum absolute atomic E-state index is 12.8. The van der Waals surface area contributed by atoms with Crippen molar-refractivity contribution in [2.45, 2.75) is 44.7 Å². The van der Waals surface area contributed by atoms with Crippen LogP contribution >= 0.6 is 0 Å². The van der Waals surface area contributed by atoms with Crippen molar-refractivity contribution in [3.63, 3.8) is 0 Å². The Bertz CT molecular complexity index is 915. The average molecular weight is 423 g/mol. The first-order valence-corrected chi connectivity index (χ1v) is 11.1. The molecular formula is C25H30N2O4. The zero-order valence-corrected chi connectivity index (χ0v) is 18.0. The minimum atomic E-state index is -0.506. The highest BCUT2D eigenvalue weighted by Gasteiger charge is 2.29. The van der Waals surface area contributed by atoms with Crippen LogP contribution in [-0.2, 0) is 16.0 Å². The van der Waals surface area contributed by atoms with Crippen LogP contribution in [0.25, 0.3) is 0 Å². The van der Waals surface area contributed by atoms with Gasteiger partial charge in [0.05, 0.1) is 25.8 Å². The number of carbonyl (C=O) groups is 2. The lowest BCUT2D eigenvalue weighted by atomic mass is 10.0. The monoisotopic (exact) mass is 422 g/mol. The quantitative estimate of drug-likeness (QED) is 0.742. The van der Waals surface area contributed by atoms with Gasteiger partial charge in [-0.3, -0.25) is 14.5 Å². The molecule has 1 saturated heterocycles. The molecule has 0 spiro atoms. The van der Waals surface area contributed by atoms with E-state index in [4.69, 9.17) is 9.47 Å². The Balaban J connectivity index is 1.40. The Hall–Kier alpha value is -2.86. The second-order valence-corrected chi connectivity index (χ2v) is 8.31. The van der Waals surface area contributed by atoms with E-state index in [9.17, 15) is 9.59 Å². The molecule has 6 nitrogen and oxygen atoms in total. The van der Waals surface area contributed by atoms with Gasteiger partial charge < -0.3 is 14.8 Å². The topological polar surface area (TPSA) is 67.9 Å². The van der Waals surface area contributed by atoms with E-state index >= 15 is 0 Å². The van der Waals surface area contributed by atoms with Crippen molar-refractivity contribution < 1.29 is 19.1 Å². The van der Waals surface area contributed by atoms with E-state index in [0.29, 0.717) is 19.6 Å². The smallest absolute Gasteiger partial charge is 0.234 e. The highest BCUT2D eigenvalue weighted by Crippen LogP contribution is 2.37. The number of nitrogens with zero attached hydrogens (tertiary/aromatic N) is 1. The lowest BCUT2D eigenvalue weighted by molar-refractivity contribution is -0.127. The van der Waals surface area contributed by atoms with Gasteiger partial charge in [-0.15, -0.1) is 0 Å². The summed E-state index contributed by atoms with van der Waals surface area (Å²) in [5, 5.41) is 2.95. The number of nitrogens with one attached hydrogen (secondary N) is 1. The molecule has 1 amide bonds. The summed E-state index contributed by atoms with van der Waals surface area (Å²) in [6, 6.07) is 15.5. The van der Waals surface area contributed by atoms with Gasteiger partial charge in [-0.05, 0) is 56.0 Å². The standard InChI is InChI=1S/C25H30N2O4/c1-18(28)21(15-19-7-3-2-4-8-19)26-25(29)17-27-12-5-9-22(27)20-10-11-23-24(16-20)31-14-6-13-30-23/h2-4,7-8,10-11,16,21-22H,5-6,9,12-15,17H2,1H3,(H,26,29). The molecule has 2 aliphatic heterocycles. The van der Waals surface area contributed by atoms with Gasteiger partial charge in [0.1, 0.15) is 0 Å². The number of rotatable bonds is 7. The zero-order chi connectivity index (χ0) is 21.6. The first-order valence-electron chi connectivity index (χ1n) is 11.1. The molecule has 2 heterocycles. The molecule has 6 heteroatoms. The van der Waals surface area contributed by atoms with Crippen LogP contribution < -0.4 is 14.8 Å². The van der Waals surface area contributed by atoms with E-state index in [-0.39, 0.29) is 24.3 Å². The highest BCUT2D eigenvalue weighted by molar-refractivity contribution is 5.88. The molecule has 0 radical (unpaired) electrons. The first kappa shape index (κ1) is 21.4. The Morgan fingerprint density at radius 3 is 2.61 bits per heavy atom. The van der Waals surface area contributed by atoms with Crippen LogP contribution in [0.1, 0.15) is 43.4 Å². The van der Waals surface area contributed by atoms with Gasteiger partial charge in [-0.2, -0.15) is 0 Å². The molecule has 0 aliphatic carbocycles. The lowest BCUT2D eigenvalue weighted by Crippen LogP contribution is -2.45. The maximum Gasteiger partial charge on any atom is 0.234 e. The second-order valence-electron chi connectivity index (χ2n) is 8.31. The van der Waals surface area contributed by atoms with E-state index in [2.05, 4.69) is 22.3 Å². The van der Waals surface area contributed by atoms with Crippen molar-refractivity contribution in [1.82, 2.24) is 10.2 Å². The molecule has 1 N–H and O–H groups in total. The molecule has 2 unspecified atom stereocenters. The van der Waals surface area contributed by atoms with Crippen molar-refractivity contribution in [1.29, 1.82) is 0 Å². The number of carbonyl (C=O) groups excluding carboxylic acids is 2. The summed E-state index contributed by atoms with van der Waals surface area (Å²) >= 11 is 0. The van der Waals surface area contributed by atoms with Crippen molar-refractivity contribution >= 4 is 11.7 Å². The van der Waals surface area contributed by atoms with Gasteiger partial charge in [-0.1, -0.05) is 36.4 Å². The number of ether oxygens (including phenoxy) is 2. The number of amides is 1. The molecule has 1 fully saturated rings. The molecule has 0 bridgehead atoms. The number of benzene rings is 2. The van der Waals surface area contributed by atoms with Crippen LogP contribution in [0, 0.1) is 0 Å². The maximum atomic E-state index is 12.8. The number of fused-ring (bicyclic) bond motifs is 1. The van der Waals surface area contributed by atoms with Crippen molar-refractivity contribution in [3.8, 4) is 11.5 Å². The van der Waals surface area contributed by atoms with Gasteiger partial charge in [0, 0.05) is 12.5 Å². The highest BCUT2D eigenvalue weighted by atomic mass is 16.5. The Morgan fingerprint density at radius 2 is 1.84 bits per heavy atom. The van der Waals surface area contributed by atoms with E-state index < -0.39 is 6.04 Å². The van der Waals surface area contributed by atoms with Gasteiger partial charge in [0.25, 0.3) is 0 Å². The van der Waals surface area contributed by atoms with Crippen molar-refractivity contribution in [2.24, 2.45) is 0 Å².